The van der Waals surface area contributed by atoms with Crippen LogP contribution in [0.4, 0.5) is 0 Å². The number of hydrogen-bond donors (Lipinski definition) is 2. The molecule has 0 aromatic carbocycles. The largest absolute Gasteiger partial charge is 0.481 e. The van der Waals surface area contributed by atoms with Gasteiger partial charge in [-0.3, -0.25) is 14.3 Å². The van der Waals surface area contributed by atoms with Crippen molar-refractivity contribution in [2.75, 3.05) is 0 Å². The number of amides is 1. The molecule has 2 aromatic rings. The molecular weight excluding hydrogens is 316 g/mol. The molecule has 2 aromatic heterocycles. The summed E-state index contributed by atoms with van der Waals surface area (Å²) < 4.78 is 1.69. The summed E-state index contributed by atoms with van der Waals surface area (Å²) in [6.45, 7) is 0. The highest BCUT2D eigenvalue weighted by atomic mass is 32.1. The van der Waals surface area contributed by atoms with Crippen LogP contribution in [0.3, 0.4) is 0 Å². The minimum atomic E-state index is -0.740. The molecule has 0 radical (unpaired) electrons. The third kappa shape index (κ3) is 3.58. The number of nitrogens with one attached hydrogen (secondary N) is 1. The third-order valence-electron chi connectivity index (χ3n) is 4.10. The summed E-state index contributed by atoms with van der Waals surface area (Å²) in [5.41, 5.74) is 1.28. The molecule has 7 nitrogen and oxygen atoms in total. The third-order valence-corrected chi connectivity index (χ3v) is 4.99. The van der Waals surface area contributed by atoms with Crippen LogP contribution in [0.5, 0.6) is 0 Å². The predicted octanol–water partition coefficient (Wildman–Crippen LogP) is 1.92. The summed E-state index contributed by atoms with van der Waals surface area (Å²) in [6.07, 6.45) is 6.18. The second-order valence-corrected chi connectivity index (χ2v) is 6.66. The van der Waals surface area contributed by atoms with Gasteiger partial charge in [-0.2, -0.15) is 5.10 Å². The lowest BCUT2D eigenvalue weighted by Gasteiger charge is -2.26. The van der Waals surface area contributed by atoms with E-state index in [0.717, 1.165) is 10.6 Å². The fourth-order valence-corrected chi connectivity index (χ4v) is 3.56. The van der Waals surface area contributed by atoms with Gasteiger partial charge in [-0.1, -0.05) is 0 Å². The molecule has 3 rings (SSSR count). The van der Waals surface area contributed by atoms with Gasteiger partial charge >= 0.3 is 5.97 Å². The second kappa shape index (κ2) is 6.49. The summed E-state index contributed by atoms with van der Waals surface area (Å²) in [5.74, 6) is -1.22. The van der Waals surface area contributed by atoms with Crippen LogP contribution in [0.1, 0.15) is 36.2 Å². The van der Waals surface area contributed by atoms with Gasteiger partial charge < -0.3 is 10.4 Å². The fraction of sp³-hybridized carbons (Fsp3) is 0.467. The first-order valence-corrected chi connectivity index (χ1v) is 8.39. The summed E-state index contributed by atoms with van der Waals surface area (Å²) in [4.78, 5) is 27.6. The van der Waals surface area contributed by atoms with E-state index in [1.54, 1.807) is 16.3 Å². The number of rotatable bonds is 4. The number of aliphatic carboxylic acids is 1. The molecule has 2 heterocycles. The van der Waals surface area contributed by atoms with Crippen molar-refractivity contribution in [1.29, 1.82) is 0 Å². The standard InChI is InChI=1S/C15H18N4O3S/c1-19-7-10(6-16-19)14-18-12(8-23-14)13(20)17-11-4-2-9(3-5-11)15(21)22/h6-9,11H,2-5H2,1H3,(H,17,20)(H,21,22). The molecule has 0 bridgehead atoms. The van der Waals surface area contributed by atoms with E-state index in [1.807, 2.05) is 13.2 Å². The first kappa shape index (κ1) is 15.7. The zero-order chi connectivity index (χ0) is 16.4. The summed E-state index contributed by atoms with van der Waals surface area (Å²) in [6, 6.07) is 0.0293. The van der Waals surface area contributed by atoms with Crippen LogP contribution in [0.2, 0.25) is 0 Å². The molecule has 2 N–H and O–H groups in total. The quantitative estimate of drug-likeness (QED) is 0.890. The Labute approximate surface area is 137 Å². The molecule has 0 spiro atoms. The van der Waals surface area contributed by atoms with Gasteiger partial charge in [0.25, 0.3) is 5.91 Å². The Balaban J connectivity index is 1.59. The lowest BCUT2D eigenvalue weighted by atomic mass is 9.86. The molecule has 122 valence electrons. The van der Waals surface area contributed by atoms with Crippen molar-refractivity contribution in [2.45, 2.75) is 31.7 Å². The van der Waals surface area contributed by atoms with E-state index in [9.17, 15) is 9.59 Å². The molecule has 1 saturated carbocycles. The van der Waals surface area contributed by atoms with E-state index in [0.29, 0.717) is 31.4 Å². The Kier molecular flexibility index (Phi) is 4.42. The minimum absolute atomic E-state index is 0.0293. The molecule has 0 atom stereocenters. The maximum absolute atomic E-state index is 12.3. The molecule has 8 heteroatoms. The zero-order valence-electron chi connectivity index (χ0n) is 12.7. The van der Waals surface area contributed by atoms with E-state index in [2.05, 4.69) is 15.4 Å². The summed E-state index contributed by atoms with van der Waals surface area (Å²) >= 11 is 1.41. The van der Waals surface area contributed by atoms with Crippen LogP contribution in [0, 0.1) is 5.92 Å². The van der Waals surface area contributed by atoms with Gasteiger partial charge in [0.2, 0.25) is 0 Å². The number of carbonyl (C=O) groups is 2. The van der Waals surface area contributed by atoms with Crippen molar-refractivity contribution in [1.82, 2.24) is 20.1 Å². The van der Waals surface area contributed by atoms with Gasteiger partial charge in [0.05, 0.1) is 12.1 Å². The molecular formula is C15H18N4O3S. The molecule has 0 aliphatic heterocycles. The zero-order valence-corrected chi connectivity index (χ0v) is 13.5. The van der Waals surface area contributed by atoms with Crippen LogP contribution >= 0.6 is 11.3 Å². The van der Waals surface area contributed by atoms with Crippen molar-refractivity contribution in [3.63, 3.8) is 0 Å². The summed E-state index contributed by atoms with van der Waals surface area (Å²) in [5, 5.41) is 18.5. The van der Waals surface area contributed by atoms with Crippen molar-refractivity contribution in [3.8, 4) is 10.6 Å². The lowest BCUT2D eigenvalue weighted by molar-refractivity contribution is -0.142. The van der Waals surface area contributed by atoms with Crippen LogP contribution in [-0.4, -0.2) is 37.8 Å². The Hall–Kier alpha value is -2.22. The van der Waals surface area contributed by atoms with Gasteiger partial charge in [0, 0.05) is 30.2 Å². The van der Waals surface area contributed by atoms with Gasteiger partial charge in [0.1, 0.15) is 10.7 Å². The minimum Gasteiger partial charge on any atom is -0.481 e. The highest BCUT2D eigenvalue weighted by molar-refractivity contribution is 7.13. The van der Waals surface area contributed by atoms with Crippen LogP contribution in [-0.2, 0) is 11.8 Å². The molecule has 1 aliphatic carbocycles. The van der Waals surface area contributed by atoms with Crippen molar-refractivity contribution >= 4 is 23.2 Å². The average Bonchev–Trinajstić information content (AvgIpc) is 3.16. The first-order valence-electron chi connectivity index (χ1n) is 7.51. The number of hydrogen-bond acceptors (Lipinski definition) is 5. The Morgan fingerprint density at radius 3 is 2.70 bits per heavy atom. The van der Waals surface area contributed by atoms with Crippen LogP contribution in [0.25, 0.3) is 10.6 Å². The number of carboxylic acids is 1. The SMILES string of the molecule is Cn1cc(-c2nc(C(=O)NC3CCC(C(=O)O)CC3)cs2)cn1. The highest BCUT2D eigenvalue weighted by Gasteiger charge is 2.27. The number of nitrogens with zero attached hydrogens (tertiary/aromatic N) is 3. The predicted molar refractivity (Wildman–Crippen MR) is 85.2 cm³/mol. The number of carbonyl (C=O) groups excluding carboxylic acids is 1. The summed E-state index contributed by atoms with van der Waals surface area (Å²) in [7, 11) is 1.83. The van der Waals surface area contributed by atoms with Gasteiger partial charge in [-0.15, -0.1) is 11.3 Å². The average molecular weight is 334 g/mol. The topological polar surface area (TPSA) is 97.1 Å². The molecule has 1 aliphatic rings. The Bertz CT molecular complexity index is 716. The van der Waals surface area contributed by atoms with E-state index < -0.39 is 5.97 Å². The normalized spacial score (nSPS) is 21.1. The van der Waals surface area contributed by atoms with Gasteiger partial charge in [0.15, 0.2) is 0 Å². The lowest BCUT2D eigenvalue weighted by Crippen LogP contribution is -2.38. The van der Waals surface area contributed by atoms with Crippen molar-refractivity contribution in [3.05, 3.63) is 23.5 Å². The van der Waals surface area contributed by atoms with Crippen molar-refractivity contribution < 1.29 is 14.7 Å². The van der Waals surface area contributed by atoms with E-state index in [-0.39, 0.29) is 17.9 Å². The van der Waals surface area contributed by atoms with E-state index in [4.69, 9.17) is 5.11 Å². The van der Waals surface area contributed by atoms with Gasteiger partial charge in [-0.25, -0.2) is 4.98 Å². The van der Waals surface area contributed by atoms with Crippen molar-refractivity contribution in [2.24, 2.45) is 13.0 Å². The Morgan fingerprint density at radius 2 is 2.09 bits per heavy atom. The first-order chi connectivity index (χ1) is 11.0. The van der Waals surface area contributed by atoms with E-state index >= 15 is 0 Å². The van der Waals surface area contributed by atoms with Gasteiger partial charge in [-0.05, 0) is 25.7 Å². The highest BCUT2D eigenvalue weighted by Crippen LogP contribution is 2.26. The molecule has 1 fully saturated rings. The number of aromatic nitrogens is 3. The fourth-order valence-electron chi connectivity index (χ4n) is 2.79. The Morgan fingerprint density at radius 1 is 1.35 bits per heavy atom. The number of carboxylic acid groups (broad SMARTS) is 1. The smallest absolute Gasteiger partial charge is 0.306 e. The second-order valence-electron chi connectivity index (χ2n) is 5.80. The number of aryl methyl sites for hydroxylation is 1. The maximum atomic E-state index is 12.3. The molecule has 1 amide bonds. The molecule has 23 heavy (non-hydrogen) atoms. The van der Waals surface area contributed by atoms with Crippen LogP contribution in [0.15, 0.2) is 17.8 Å². The maximum Gasteiger partial charge on any atom is 0.306 e. The van der Waals surface area contributed by atoms with E-state index in [1.165, 1.54) is 11.3 Å². The van der Waals surface area contributed by atoms with Crippen LogP contribution < -0.4 is 5.32 Å². The molecule has 0 unspecified atom stereocenters. The number of thiazole rings is 1. The monoisotopic (exact) mass is 334 g/mol. The molecule has 0 saturated heterocycles.